The molecular formula is C16H11ClF5NO3. The topological polar surface area (TPSA) is 47.6 Å². The fourth-order valence-corrected chi connectivity index (χ4v) is 2.04. The first kappa shape index (κ1) is 19.8. The summed E-state index contributed by atoms with van der Waals surface area (Å²) >= 11 is 5.77. The van der Waals surface area contributed by atoms with Crippen molar-refractivity contribution < 1.29 is 36.2 Å². The highest BCUT2D eigenvalue weighted by atomic mass is 35.5. The lowest BCUT2D eigenvalue weighted by Crippen LogP contribution is -2.20. The first-order chi connectivity index (χ1) is 12.1. The molecule has 0 radical (unpaired) electrons. The Bertz CT molecular complexity index is 783. The van der Waals surface area contributed by atoms with Crippen LogP contribution in [0.2, 0.25) is 5.02 Å². The molecule has 1 amide bonds. The number of hydrogen-bond donors (Lipinski definition) is 1. The molecule has 0 atom stereocenters. The van der Waals surface area contributed by atoms with Crippen LogP contribution in [-0.2, 0) is 11.0 Å². The lowest BCUT2D eigenvalue weighted by Gasteiger charge is -2.12. The van der Waals surface area contributed by atoms with E-state index in [0.717, 1.165) is 18.2 Å². The Balaban J connectivity index is 1.99. The van der Waals surface area contributed by atoms with Gasteiger partial charge in [-0.25, -0.2) is 0 Å². The first-order valence-electron chi connectivity index (χ1n) is 6.99. The predicted molar refractivity (Wildman–Crippen MR) is 83.7 cm³/mol. The van der Waals surface area contributed by atoms with Crippen molar-refractivity contribution in [3.8, 4) is 11.5 Å². The smallest absolute Gasteiger partial charge is 0.416 e. The van der Waals surface area contributed by atoms with Gasteiger partial charge in [-0.3, -0.25) is 4.79 Å². The van der Waals surface area contributed by atoms with Crippen LogP contribution in [0.1, 0.15) is 5.56 Å². The Labute approximate surface area is 149 Å². The van der Waals surface area contributed by atoms with Crippen LogP contribution in [0.3, 0.4) is 0 Å². The summed E-state index contributed by atoms with van der Waals surface area (Å²) in [5, 5.41) is 2.11. The van der Waals surface area contributed by atoms with Gasteiger partial charge in [-0.1, -0.05) is 17.7 Å². The van der Waals surface area contributed by atoms with E-state index in [4.69, 9.17) is 16.3 Å². The summed E-state index contributed by atoms with van der Waals surface area (Å²) in [7, 11) is 0. The number of carbonyl (C=O) groups is 1. The lowest BCUT2D eigenvalue weighted by molar-refractivity contribution is -0.137. The molecule has 26 heavy (non-hydrogen) atoms. The van der Waals surface area contributed by atoms with Gasteiger partial charge < -0.3 is 14.8 Å². The minimum Gasteiger partial charge on any atom is -0.484 e. The summed E-state index contributed by atoms with van der Waals surface area (Å²) in [6.45, 7) is -3.60. The van der Waals surface area contributed by atoms with Crippen molar-refractivity contribution in [1.29, 1.82) is 0 Å². The molecule has 0 saturated carbocycles. The Morgan fingerprint density at radius 2 is 1.81 bits per heavy atom. The van der Waals surface area contributed by atoms with E-state index in [-0.39, 0.29) is 22.2 Å². The molecule has 0 saturated heterocycles. The predicted octanol–water partition coefficient (Wildman–Crippen LogP) is 4.98. The third-order valence-corrected chi connectivity index (χ3v) is 3.30. The van der Waals surface area contributed by atoms with Gasteiger partial charge in [0.1, 0.15) is 11.5 Å². The van der Waals surface area contributed by atoms with Gasteiger partial charge in [0.25, 0.3) is 5.91 Å². The van der Waals surface area contributed by atoms with Crippen LogP contribution in [0.25, 0.3) is 0 Å². The summed E-state index contributed by atoms with van der Waals surface area (Å²) in [4.78, 5) is 11.8. The highest BCUT2D eigenvalue weighted by molar-refractivity contribution is 6.33. The molecule has 10 heteroatoms. The largest absolute Gasteiger partial charge is 0.484 e. The molecule has 0 unspecified atom stereocenters. The summed E-state index contributed by atoms with van der Waals surface area (Å²) in [6.07, 6.45) is -4.59. The fourth-order valence-electron chi connectivity index (χ4n) is 1.87. The van der Waals surface area contributed by atoms with Crippen molar-refractivity contribution in [2.24, 2.45) is 0 Å². The molecule has 0 heterocycles. The molecule has 0 aliphatic rings. The maximum absolute atomic E-state index is 12.7. The van der Waals surface area contributed by atoms with E-state index < -0.39 is 30.9 Å². The maximum Gasteiger partial charge on any atom is 0.416 e. The Morgan fingerprint density at radius 1 is 1.12 bits per heavy atom. The SMILES string of the molecule is O=C(COc1cccc(OC(F)F)c1)Nc1cc(C(F)(F)F)ccc1Cl. The molecule has 0 aromatic heterocycles. The van der Waals surface area contributed by atoms with Crippen LogP contribution in [0.5, 0.6) is 11.5 Å². The summed E-state index contributed by atoms with van der Waals surface area (Å²) < 4.78 is 71.6. The molecule has 0 aliphatic heterocycles. The van der Waals surface area contributed by atoms with Gasteiger partial charge in [-0.15, -0.1) is 0 Å². The number of hydrogen-bond acceptors (Lipinski definition) is 3. The summed E-state index contributed by atoms with van der Waals surface area (Å²) in [5.74, 6) is -0.890. The van der Waals surface area contributed by atoms with Crippen LogP contribution in [-0.4, -0.2) is 19.1 Å². The molecule has 0 bridgehead atoms. The number of rotatable bonds is 6. The zero-order valence-electron chi connectivity index (χ0n) is 12.8. The number of benzene rings is 2. The molecule has 0 fully saturated rings. The monoisotopic (exact) mass is 395 g/mol. The number of alkyl halides is 5. The second-order valence-corrected chi connectivity index (χ2v) is 5.29. The lowest BCUT2D eigenvalue weighted by atomic mass is 10.2. The zero-order valence-corrected chi connectivity index (χ0v) is 13.6. The number of halogens is 6. The van der Waals surface area contributed by atoms with E-state index in [9.17, 15) is 26.7 Å². The third-order valence-electron chi connectivity index (χ3n) is 2.97. The van der Waals surface area contributed by atoms with E-state index in [2.05, 4.69) is 10.1 Å². The zero-order chi connectivity index (χ0) is 19.3. The maximum atomic E-state index is 12.7. The highest BCUT2D eigenvalue weighted by Crippen LogP contribution is 2.33. The minimum absolute atomic E-state index is 0.0634. The fraction of sp³-hybridized carbons (Fsp3) is 0.188. The Kier molecular flexibility index (Phi) is 6.25. The van der Waals surface area contributed by atoms with E-state index in [1.165, 1.54) is 18.2 Å². The van der Waals surface area contributed by atoms with Crippen molar-refractivity contribution in [1.82, 2.24) is 0 Å². The van der Waals surface area contributed by atoms with Crippen molar-refractivity contribution in [2.75, 3.05) is 11.9 Å². The van der Waals surface area contributed by atoms with E-state index in [0.29, 0.717) is 6.07 Å². The van der Waals surface area contributed by atoms with Crippen molar-refractivity contribution in [3.63, 3.8) is 0 Å². The highest BCUT2D eigenvalue weighted by Gasteiger charge is 2.31. The number of anilines is 1. The number of ether oxygens (including phenoxy) is 2. The van der Waals surface area contributed by atoms with Crippen LogP contribution in [0.15, 0.2) is 42.5 Å². The molecule has 2 rings (SSSR count). The number of nitrogens with one attached hydrogen (secondary N) is 1. The number of amides is 1. The Hall–Kier alpha value is -2.55. The minimum atomic E-state index is -4.59. The van der Waals surface area contributed by atoms with Crippen molar-refractivity contribution >= 4 is 23.2 Å². The molecule has 1 N–H and O–H groups in total. The molecule has 2 aromatic rings. The summed E-state index contributed by atoms with van der Waals surface area (Å²) in [6, 6.07) is 7.64. The average Bonchev–Trinajstić information content (AvgIpc) is 2.54. The summed E-state index contributed by atoms with van der Waals surface area (Å²) in [5.41, 5.74) is -1.21. The molecule has 140 valence electrons. The van der Waals surface area contributed by atoms with Gasteiger partial charge in [-0.05, 0) is 30.3 Å². The molecule has 0 aliphatic carbocycles. The van der Waals surface area contributed by atoms with Gasteiger partial charge in [-0.2, -0.15) is 22.0 Å². The van der Waals surface area contributed by atoms with Crippen molar-refractivity contribution in [3.05, 3.63) is 53.1 Å². The average molecular weight is 396 g/mol. The first-order valence-corrected chi connectivity index (χ1v) is 7.37. The van der Waals surface area contributed by atoms with Gasteiger partial charge in [0, 0.05) is 6.07 Å². The second-order valence-electron chi connectivity index (χ2n) is 4.88. The van der Waals surface area contributed by atoms with Gasteiger partial charge >= 0.3 is 12.8 Å². The van der Waals surface area contributed by atoms with Crippen LogP contribution in [0, 0.1) is 0 Å². The van der Waals surface area contributed by atoms with Crippen LogP contribution in [0.4, 0.5) is 27.6 Å². The van der Waals surface area contributed by atoms with E-state index >= 15 is 0 Å². The standard InChI is InChI=1S/C16H11ClF5NO3/c17-12-5-4-9(16(20,21)22)6-13(12)23-14(24)8-25-10-2-1-3-11(7-10)26-15(18)19/h1-7,15H,8H2,(H,23,24). The van der Waals surface area contributed by atoms with E-state index in [1.54, 1.807) is 0 Å². The van der Waals surface area contributed by atoms with Crippen LogP contribution < -0.4 is 14.8 Å². The van der Waals surface area contributed by atoms with E-state index in [1.807, 2.05) is 0 Å². The number of carbonyl (C=O) groups excluding carboxylic acids is 1. The van der Waals surface area contributed by atoms with Gasteiger partial charge in [0.15, 0.2) is 6.61 Å². The molecule has 0 spiro atoms. The normalized spacial score (nSPS) is 11.3. The quantitative estimate of drug-likeness (QED) is 0.702. The Morgan fingerprint density at radius 3 is 2.46 bits per heavy atom. The molecular weight excluding hydrogens is 385 g/mol. The van der Waals surface area contributed by atoms with Gasteiger partial charge in [0.2, 0.25) is 0 Å². The van der Waals surface area contributed by atoms with Crippen molar-refractivity contribution in [2.45, 2.75) is 12.8 Å². The molecule has 2 aromatic carbocycles. The van der Waals surface area contributed by atoms with Gasteiger partial charge in [0.05, 0.1) is 16.3 Å². The van der Waals surface area contributed by atoms with Crippen LogP contribution >= 0.6 is 11.6 Å². The molecule has 4 nitrogen and oxygen atoms in total. The third kappa shape index (κ3) is 5.76. The second kappa shape index (κ2) is 8.22.